The molecule has 0 atom stereocenters. The van der Waals surface area contributed by atoms with Gasteiger partial charge in [0.25, 0.3) is 5.91 Å². The highest BCUT2D eigenvalue weighted by atomic mass is 35.5. The molecule has 3 rings (SSSR count). The highest BCUT2D eigenvalue weighted by Gasteiger charge is 2.22. The summed E-state index contributed by atoms with van der Waals surface area (Å²) in [5.41, 5.74) is 3.35. The maximum atomic E-state index is 12.6. The summed E-state index contributed by atoms with van der Waals surface area (Å²) in [6.45, 7) is 8.56. The molecule has 25 heavy (non-hydrogen) atoms. The van der Waals surface area contributed by atoms with Crippen LogP contribution in [-0.4, -0.2) is 53.4 Å². The minimum Gasteiger partial charge on any atom is -0.354 e. The van der Waals surface area contributed by atoms with Gasteiger partial charge in [-0.25, -0.2) is 4.98 Å². The third-order valence-electron chi connectivity index (χ3n) is 4.57. The molecule has 0 unspecified atom stereocenters. The van der Waals surface area contributed by atoms with E-state index in [9.17, 15) is 4.79 Å². The number of piperazine rings is 1. The molecule has 0 aliphatic carbocycles. The zero-order chi connectivity index (χ0) is 17.8. The van der Waals surface area contributed by atoms with Crippen LogP contribution in [0.2, 0.25) is 5.02 Å². The van der Waals surface area contributed by atoms with Crippen LogP contribution in [0.4, 0.5) is 11.4 Å². The van der Waals surface area contributed by atoms with Gasteiger partial charge < -0.3 is 15.1 Å². The number of aryl methyl sites for hydroxylation is 1. The van der Waals surface area contributed by atoms with Crippen molar-refractivity contribution >= 4 is 28.9 Å². The molecule has 1 aromatic carbocycles. The Labute approximate surface area is 153 Å². The van der Waals surface area contributed by atoms with E-state index >= 15 is 0 Å². The summed E-state index contributed by atoms with van der Waals surface area (Å²) in [5, 5.41) is 3.97. The van der Waals surface area contributed by atoms with Crippen molar-refractivity contribution in [1.82, 2.24) is 14.8 Å². The van der Waals surface area contributed by atoms with Crippen LogP contribution in [0.5, 0.6) is 0 Å². The molecular formula is C19H23ClN4O. The number of aromatic nitrogens is 1. The fraction of sp³-hybridized carbons (Fsp3) is 0.368. The Balaban J connectivity index is 1.66. The SMILES string of the molecule is CCN1CCN(C(=O)c2ccc(Nc3cc(Cl)ccc3C)cn2)CC1. The highest BCUT2D eigenvalue weighted by molar-refractivity contribution is 6.30. The predicted octanol–water partition coefficient (Wildman–Crippen LogP) is 3.56. The van der Waals surface area contributed by atoms with E-state index in [1.807, 2.05) is 36.1 Å². The molecule has 2 aromatic rings. The van der Waals surface area contributed by atoms with Crippen molar-refractivity contribution in [3.05, 3.63) is 52.8 Å². The fourth-order valence-corrected chi connectivity index (χ4v) is 3.08. The average molecular weight is 359 g/mol. The predicted molar refractivity (Wildman–Crippen MR) is 102 cm³/mol. The molecule has 1 saturated heterocycles. The van der Waals surface area contributed by atoms with Gasteiger partial charge in [-0.15, -0.1) is 0 Å². The first kappa shape index (κ1) is 17.7. The largest absolute Gasteiger partial charge is 0.354 e. The van der Waals surface area contributed by atoms with Crippen molar-refractivity contribution in [2.75, 3.05) is 38.0 Å². The molecule has 1 aliphatic heterocycles. The lowest BCUT2D eigenvalue weighted by Crippen LogP contribution is -2.48. The van der Waals surface area contributed by atoms with Gasteiger partial charge in [0.1, 0.15) is 5.69 Å². The Hall–Kier alpha value is -2.11. The summed E-state index contributed by atoms with van der Waals surface area (Å²) in [5.74, 6) is 0.00115. The smallest absolute Gasteiger partial charge is 0.272 e. The number of carbonyl (C=O) groups excluding carboxylic acids is 1. The van der Waals surface area contributed by atoms with E-state index in [4.69, 9.17) is 11.6 Å². The van der Waals surface area contributed by atoms with Gasteiger partial charge in [-0.05, 0) is 43.3 Å². The number of anilines is 2. The molecule has 1 aliphatic rings. The van der Waals surface area contributed by atoms with Crippen LogP contribution in [0, 0.1) is 6.92 Å². The quantitative estimate of drug-likeness (QED) is 0.907. The van der Waals surface area contributed by atoms with Gasteiger partial charge >= 0.3 is 0 Å². The standard InChI is InChI=1S/C19H23ClN4O/c1-3-23-8-10-24(11-9-23)19(25)17-7-6-16(13-21-17)22-18-12-15(20)5-4-14(18)2/h4-7,12-13,22H,3,8-11H2,1-2H3. The van der Waals surface area contributed by atoms with E-state index in [0.29, 0.717) is 10.7 Å². The summed E-state index contributed by atoms with van der Waals surface area (Å²) in [6, 6.07) is 9.36. The number of rotatable bonds is 4. The number of amides is 1. The second-order valence-corrected chi connectivity index (χ2v) is 6.68. The molecular weight excluding hydrogens is 336 g/mol. The Bertz CT molecular complexity index is 740. The Kier molecular flexibility index (Phi) is 5.56. The van der Waals surface area contributed by atoms with E-state index in [1.54, 1.807) is 12.3 Å². The van der Waals surface area contributed by atoms with Gasteiger partial charge in [-0.1, -0.05) is 24.6 Å². The molecule has 1 aromatic heterocycles. The summed E-state index contributed by atoms with van der Waals surface area (Å²) < 4.78 is 0. The summed E-state index contributed by atoms with van der Waals surface area (Å²) in [6.07, 6.45) is 1.69. The zero-order valence-electron chi connectivity index (χ0n) is 14.6. The molecule has 0 saturated carbocycles. The number of pyridine rings is 1. The lowest BCUT2D eigenvalue weighted by molar-refractivity contribution is 0.0637. The number of nitrogens with zero attached hydrogens (tertiary/aromatic N) is 3. The van der Waals surface area contributed by atoms with Crippen molar-refractivity contribution < 1.29 is 4.79 Å². The van der Waals surface area contributed by atoms with Gasteiger partial charge in [0.05, 0.1) is 11.9 Å². The van der Waals surface area contributed by atoms with Crippen LogP contribution in [0.15, 0.2) is 36.5 Å². The molecule has 0 bridgehead atoms. The van der Waals surface area contributed by atoms with E-state index in [1.165, 1.54) is 0 Å². The van der Waals surface area contributed by atoms with Crippen LogP contribution >= 0.6 is 11.6 Å². The lowest BCUT2D eigenvalue weighted by atomic mass is 10.2. The topological polar surface area (TPSA) is 48.5 Å². The Morgan fingerprint density at radius 2 is 1.96 bits per heavy atom. The molecule has 5 nitrogen and oxygen atoms in total. The molecule has 1 fully saturated rings. The normalized spacial score (nSPS) is 15.2. The number of nitrogens with one attached hydrogen (secondary N) is 1. The number of hydrogen-bond acceptors (Lipinski definition) is 4. The molecule has 2 heterocycles. The van der Waals surface area contributed by atoms with Crippen molar-refractivity contribution in [3.8, 4) is 0 Å². The maximum Gasteiger partial charge on any atom is 0.272 e. The van der Waals surface area contributed by atoms with E-state index in [-0.39, 0.29) is 5.91 Å². The third-order valence-corrected chi connectivity index (χ3v) is 4.80. The number of likely N-dealkylation sites (N-methyl/N-ethyl adjacent to an activating group) is 1. The number of hydrogen-bond donors (Lipinski definition) is 1. The second-order valence-electron chi connectivity index (χ2n) is 6.24. The van der Waals surface area contributed by atoms with Gasteiger partial charge in [-0.3, -0.25) is 4.79 Å². The van der Waals surface area contributed by atoms with Crippen molar-refractivity contribution in [2.24, 2.45) is 0 Å². The van der Waals surface area contributed by atoms with Crippen molar-refractivity contribution in [2.45, 2.75) is 13.8 Å². The molecule has 1 N–H and O–H groups in total. The first-order valence-corrected chi connectivity index (χ1v) is 8.95. The molecule has 0 spiro atoms. The summed E-state index contributed by atoms with van der Waals surface area (Å²) in [7, 11) is 0. The maximum absolute atomic E-state index is 12.6. The number of halogens is 1. The fourth-order valence-electron chi connectivity index (χ4n) is 2.91. The number of benzene rings is 1. The van der Waals surface area contributed by atoms with Gasteiger partial charge in [0, 0.05) is 36.9 Å². The van der Waals surface area contributed by atoms with Gasteiger partial charge in [-0.2, -0.15) is 0 Å². The molecule has 6 heteroatoms. The number of carbonyl (C=O) groups is 1. The molecule has 0 radical (unpaired) electrons. The average Bonchev–Trinajstić information content (AvgIpc) is 2.65. The van der Waals surface area contributed by atoms with E-state index < -0.39 is 0 Å². The van der Waals surface area contributed by atoms with Crippen molar-refractivity contribution in [3.63, 3.8) is 0 Å². The van der Waals surface area contributed by atoms with Crippen LogP contribution in [-0.2, 0) is 0 Å². The van der Waals surface area contributed by atoms with Gasteiger partial charge in [0.15, 0.2) is 0 Å². The van der Waals surface area contributed by atoms with Gasteiger partial charge in [0.2, 0.25) is 0 Å². The highest BCUT2D eigenvalue weighted by Crippen LogP contribution is 2.24. The third kappa shape index (κ3) is 4.30. The summed E-state index contributed by atoms with van der Waals surface area (Å²) in [4.78, 5) is 21.1. The second kappa shape index (κ2) is 7.85. The van der Waals surface area contributed by atoms with Crippen LogP contribution < -0.4 is 5.32 Å². The first-order valence-electron chi connectivity index (χ1n) is 8.57. The monoisotopic (exact) mass is 358 g/mol. The van der Waals surface area contributed by atoms with Crippen LogP contribution in [0.25, 0.3) is 0 Å². The zero-order valence-corrected chi connectivity index (χ0v) is 15.4. The van der Waals surface area contributed by atoms with E-state index in [2.05, 4.69) is 22.1 Å². The van der Waals surface area contributed by atoms with Crippen molar-refractivity contribution in [1.29, 1.82) is 0 Å². The minimum absolute atomic E-state index is 0.00115. The van der Waals surface area contributed by atoms with Crippen LogP contribution in [0.1, 0.15) is 23.0 Å². The molecule has 1 amide bonds. The van der Waals surface area contributed by atoms with Crippen LogP contribution in [0.3, 0.4) is 0 Å². The Morgan fingerprint density at radius 3 is 2.60 bits per heavy atom. The molecule has 132 valence electrons. The Morgan fingerprint density at radius 1 is 1.20 bits per heavy atom. The lowest BCUT2D eigenvalue weighted by Gasteiger charge is -2.33. The first-order chi connectivity index (χ1) is 12.1. The minimum atomic E-state index is 0.00115. The summed E-state index contributed by atoms with van der Waals surface area (Å²) >= 11 is 6.05. The van der Waals surface area contributed by atoms with E-state index in [0.717, 1.165) is 49.7 Å².